The van der Waals surface area contributed by atoms with Crippen molar-refractivity contribution in [1.29, 1.82) is 0 Å². The van der Waals surface area contributed by atoms with Gasteiger partial charge in [0, 0.05) is 5.56 Å². The van der Waals surface area contributed by atoms with Crippen molar-refractivity contribution in [3.63, 3.8) is 0 Å². The van der Waals surface area contributed by atoms with Crippen LogP contribution in [0.3, 0.4) is 0 Å². The highest BCUT2D eigenvalue weighted by Crippen LogP contribution is 2.37. The molecular formula is C15H11F3N2. The largest absolute Gasteiger partial charge is 0.417 e. The zero-order valence-electron chi connectivity index (χ0n) is 10.6. The summed E-state index contributed by atoms with van der Waals surface area (Å²) in [6.07, 6.45) is -4.40. The van der Waals surface area contributed by atoms with Gasteiger partial charge in [0.05, 0.1) is 16.6 Å². The summed E-state index contributed by atoms with van der Waals surface area (Å²) in [5, 5.41) is 0. The Hall–Kier alpha value is -2.30. The molecule has 0 saturated heterocycles. The molecule has 20 heavy (non-hydrogen) atoms. The van der Waals surface area contributed by atoms with Gasteiger partial charge in [-0.25, -0.2) is 4.98 Å². The van der Waals surface area contributed by atoms with E-state index < -0.39 is 11.7 Å². The lowest BCUT2D eigenvalue weighted by molar-refractivity contribution is -0.137. The number of nitrogens with zero attached hydrogens (tertiary/aromatic N) is 1. The third kappa shape index (κ3) is 2.15. The van der Waals surface area contributed by atoms with Gasteiger partial charge in [-0.1, -0.05) is 23.8 Å². The fourth-order valence-corrected chi connectivity index (χ4v) is 2.18. The maximum atomic E-state index is 13.1. The molecule has 5 heteroatoms. The van der Waals surface area contributed by atoms with Crippen molar-refractivity contribution in [3.8, 4) is 11.4 Å². The van der Waals surface area contributed by atoms with Crippen LogP contribution in [0.4, 0.5) is 13.2 Å². The summed E-state index contributed by atoms with van der Waals surface area (Å²) in [6, 6.07) is 11.2. The van der Waals surface area contributed by atoms with Crippen LogP contribution in [-0.2, 0) is 6.18 Å². The lowest BCUT2D eigenvalue weighted by atomic mass is 10.0. The number of benzene rings is 2. The fraction of sp³-hybridized carbons (Fsp3) is 0.133. The first kappa shape index (κ1) is 12.7. The van der Waals surface area contributed by atoms with Gasteiger partial charge >= 0.3 is 6.18 Å². The van der Waals surface area contributed by atoms with E-state index in [4.69, 9.17) is 0 Å². The molecule has 1 aromatic heterocycles. The monoisotopic (exact) mass is 276 g/mol. The van der Waals surface area contributed by atoms with Crippen molar-refractivity contribution in [2.45, 2.75) is 13.1 Å². The SMILES string of the molecule is Cc1ccc(C(F)(F)F)c(-c2nc3ccccc3[nH]2)c1. The summed E-state index contributed by atoms with van der Waals surface area (Å²) in [4.78, 5) is 7.18. The summed E-state index contributed by atoms with van der Waals surface area (Å²) in [6.45, 7) is 1.76. The van der Waals surface area contributed by atoms with E-state index in [1.807, 2.05) is 6.07 Å². The number of nitrogens with one attached hydrogen (secondary N) is 1. The highest BCUT2D eigenvalue weighted by Gasteiger charge is 2.34. The van der Waals surface area contributed by atoms with Gasteiger partial charge in [0.15, 0.2) is 0 Å². The van der Waals surface area contributed by atoms with Crippen molar-refractivity contribution < 1.29 is 13.2 Å². The first-order valence-corrected chi connectivity index (χ1v) is 6.08. The summed E-state index contributed by atoms with van der Waals surface area (Å²) < 4.78 is 39.2. The van der Waals surface area contributed by atoms with Gasteiger partial charge in [0.1, 0.15) is 5.82 Å². The quantitative estimate of drug-likeness (QED) is 0.693. The van der Waals surface area contributed by atoms with Gasteiger partial charge in [-0.3, -0.25) is 0 Å². The third-order valence-corrected chi connectivity index (χ3v) is 3.12. The molecule has 0 atom stereocenters. The molecule has 0 unspecified atom stereocenters. The number of fused-ring (bicyclic) bond motifs is 1. The molecule has 0 aliphatic heterocycles. The van der Waals surface area contributed by atoms with Crippen LogP contribution in [0.1, 0.15) is 11.1 Å². The van der Waals surface area contributed by atoms with E-state index in [0.717, 1.165) is 17.1 Å². The number of hydrogen-bond donors (Lipinski definition) is 1. The van der Waals surface area contributed by atoms with E-state index in [9.17, 15) is 13.2 Å². The number of para-hydroxylation sites is 2. The number of halogens is 3. The molecule has 3 rings (SSSR count). The molecule has 0 fully saturated rings. The number of aromatic amines is 1. The smallest absolute Gasteiger partial charge is 0.338 e. The summed E-state index contributed by atoms with van der Waals surface area (Å²) in [5.74, 6) is 0.238. The van der Waals surface area contributed by atoms with Crippen molar-refractivity contribution >= 4 is 11.0 Å². The maximum absolute atomic E-state index is 13.1. The molecule has 1 heterocycles. The van der Waals surface area contributed by atoms with Crippen molar-refractivity contribution in [2.24, 2.45) is 0 Å². The van der Waals surface area contributed by atoms with Crippen LogP contribution in [0.25, 0.3) is 22.4 Å². The van der Waals surface area contributed by atoms with Crippen LogP contribution in [0, 0.1) is 6.92 Å². The molecule has 1 N–H and O–H groups in total. The number of hydrogen-bond acceptors (Lipinski definition) is 1. The number of rotatable bonds is 1. The molecule has 3 aromatic rings. The fourth-order valence-electron chi connectivity index (χ4n) is 2.18. The Kier molecular flexibility index (Phi) is 2.78. The molecule has 102 valence electrons. The van der Waals surface area contributed by atoms with Gasteiger partial charge in [-0.15, -0.1) is 0 Å². The number of alkyl halides is 3. The van der Waals surface area contributed by atoms with Crippen LogP contribution in [0.15, 0.2) is 42.5 Å². The van der Waals surface area contributed by atoms with Gasteiger partial charge in [-0.05, 0) is 31.2 Å². The van der Waals surface area contributed by atoms with E-state index in [2.05, 4.69) is 9.97 Å². The van der Waals surface area contributed by atoms with E-state index >= 15 is 0 Å². The molecular weight excluding hydrogens is 265 g/mol. The minimum atomic E-state index is -4.40. The van der Waals surface area contributed by atoms with Crippen LogP contribution < -0.4 is 0 Å². The third-order valence-electron chi connectivity index (χ3n) is 3.12. The lowest BCUT2D eigenvalue weighted by Gasteiger charge is -2.11. The second-order valence-corrected chi connectivity index (χ2v) is 4.65. The van der Waals surface area contributed by atoms with Crippen LogP contribution in [0.2, 0.25) is 0 Å². The summed E-state index contributed by atoms with van der Waals surface area (Å²) >= 11 is 0. The Morgan fingerprint density at radius 1 is 1.05 bits per heavy atom. The number of aryl methyl sites for hydroxylation is 1. The van der Waals surface area contributed by atoms with E-state index in [1.54, 1.807) is 25.1 Å². The minimum absolute atomic E-state index is 0.0775. The van der Waals surface area contributed by atoms with E-state index in [-0.39, 0.29) is 11.4 Å². The molecule has 0 bridgehead atoms. The molecule has 0 amide bonds. The molecule has 2 aromatic carbocycles. The van der Waals surface area contributed by atoms with Gasteiger partial charge in [0.2, 0.25) is 0 Å². The molecule has 2 nitrogen and oxygen atoms in total. The zero-order chi connectivity index (χ0) is 14.3. The number of aromatic nitrogens is 2. The second kappa shape index (κ2) is 4.37. The Balaban J connectivity index is 2.25. The molecule has 0 saturated carbocycles. The molecule has 0 radical (unpaired) electrons. The number of H-pyrrole nitrogens is 1. The van der Waals surface area contributed by atoms with Crippen LogP contribution >= 0.6 is 0 Å². The van der Waals surface area contributed by atoms with E-state index in [1.165, 1.54) is 12.1 Å². The zero-order valence-corrected chi connectivity index (χ0v) is 10.6. The first-order valence-electron chi connectivity index (χ1n) is 6.08. The van der Waals surface area contributed by atoms with Crippen LogP contribution in [0.5, 0.6) is 0 Å². The van der Waals surface area contributed by atoms with Crippen molar-refractivity contribution in [2.75, 3.05) is 0 Å². The first-order chi connectivity index (χ1) is 9.45. The highest BCUT2D eigenvalue weighted by atomic mass is 19.4. The molecule has 0 aliphatic rings. The Morgan fingerprint density at radius 2 is 1.80 bits per heavy atom. The topological polar surface area (TPSA) is 28.7 Å². The average Bonchev–Trinajstić information content (AvgIpc) is 2.80. The van der Waals surface area contributed by atoms with Gasteiger partial charge in [-0.2, -0.15) is 13.2 Å². The highest BCUT2D eigenvalue weighted by molar-refractivity contribution is 5.80. The Morgan fingerprint density at radius 3 is 2.50 bits per heavy atom. The van der Waals surface area contributed by atoms with Gasteiger partial charge < -0.3 is 4.98 Å². The summed E-state index contributed by atoms with van der Waals surface area (Å²) in [5.41, 5.74) is 1.53. The van der Waals surface area contributed by atoms with Crippen molar-refractivity contribution in [1.82, 2.24) is 9.97 Å². The minimum Gasteiger partial charge on any atom is -0.338 e. The molecule has 0 aliphatic carbocycles. The normalized spacial score (nSPS) is 12.0. The van der Waals surface area contributed by atoms with Crippen molar-refractivity contribution in [3.05, 3.63) is 53.6 Å². The standard InChI is InChI=1S/C15H11F3N2/c1-9-6-7-11(15(16,17)18)10(8-9)14-19-12-4-2-3-5-13(12)20-14/h2-8H,1H3,(H,19,20). The lowest BCUT2D eigenvalue weighted by Crippen LogP contribution is -2.07. The maximum Gasteiger partial charge on any atom is 0.417 e. The predicted molar refractivity (Wildman–Crippen MR) is 71.3 cm³/mol. The second-order valence-electron chi connectivity index (χ2n) is 4.65. The Bertz CT molecular complexity index is 739. The average molecular weight is 276 g/mol. The Labute approximate surface area is 113 Å². The number of imidazole rings is 1. The molecule has 0 spiro atoms. The summed E-state index contributed by atoms with van der Waals surface area (Å²) in [7, 11) is 0. The predicted octanol–water partition coefficient (Wildman–Crippen LogP) is 4.56. The van der Waals surface area contributed by atoms with Gasteiger partial charge in [0.25, 0.3) is 0 Å². The van der Waals surface area contributed by atoms with Crippen LogP contribution in [-0.4, -0.2) is 9.97 Å². The van der Waals surface area contributed by atoms with E-state index in [0.29, 0.717) is 5.52 Å².